The summed E-state index contributed by atoms with van der Waals surface area (Å²) in [5.74, 6) is 0. The van der Waals surface area contributed by atoms with E-state index in [1.165, 1.54) is 56.9 Å². The van der Waals surface area contributed by atoms with Crippen LogP contribution >= 0.6 is 0 Å². The summed E-state index contributed by atoms with van der Waals surface area (Å²) in [5, 5.41) is 0. The predicted molar refractivity (Wildman–Crippen MR) is 117 cm³/mol. The second-order valence-corrected chi connectivity index (χ2v) is 9.45. The molecule has 1 aromatic rings. The van der Waals surface area contributed by atoms with Gasteiger partial charge in [0.25, 0.3) is 0 Å². The Balaban J connectivity index is 1.31. The van der Waals surface area contributed by atoms with E-state index in [4.69, 9.17) is 14.2 Å². The first-order valence-corrected chi connectivity index (χ1v) is 11.8. The minimum absolute atomic E-state index is 0.0162. The maximum Gasteiger partial charge on any atom is 0.181 e. The Bertz CT molecular complexity index is 645. The molecule has 2 atom stereocenters. The monoisotopic (exact) mass is 398 g/mol. The van der Waals surface area contributed by atoms with E-state index in [1.807, 2.05) is 6.08 Å². The van der Waals surface area contributed by atoms with Crippen molar-refractivity contribution in [3.8, 4) is 0 Å². The minimum Gasteiger partial charge on any atom is -0.366 e. The molecular formula is C26H38O3. The molecule has 3 saturated carbocycles. The Kier molecular flexibility index (Phi) is 6.78. The first-order valence-electron chi connectivity index (χ1n) is 11.8. The Labute approximate surface area is 176 Å². The summed E-state index contributed by atoms with van der Waals surface area (Å²) < 4.78 is 17.6. The first-order chi connectivity index (χ1) is 14.2. The van der Waals surface area contributed by atoms with Gasteiger partial charge in [0.1, 0.15) is 6.10 Å². The summed E-state index contributed by atoms with van der Waals surface area (Å²) >= 11 is 0. The van der Waals surface area contributed by atoms with Crippen molar-refractivity contribution in [3.05, 3.63) is 47.5 Å². The zero-order valence-corrected chi connectivity index (χ0v) is 18.3. The van der Waals surface area contributed by atoms with Crippen molar-refractivity contribution in [1.29, 1.82) is 0 Å². The molecule has 5 rings (SSSR count). The molecule has 4 fully saturated rings. The van der Waals surface area contributed by atoms with Crippen molar-refractivity contribution in [2.24, 2.45) is 5.41 Å². The van der Waals surface area contributed by atoms with Gasteiger partial charge in [-0.05, 0) is 73.3 Å². The fourth-order valence-corrected chi connectivity index (χ4v) is 5.82. The number of hydrogen-bond acceptors (Lipinski definition) is 3. The first kappa shape index (κ1) is 21.1. The van der Waals surface area contributed by atoms with Crippen LogP contribution in [0.15, 0.2) is 36.4 Å². The van der Waals surface area contributed by atoms with E-state index in [2.05, 4.69) is 44.2 Å². The normalized spacial score (nSPS) is 34.7. The second kappa shape index (κ2) is 9.32. The molecule has 29 heavy (non-hydrogen) atoms. The van der Waals surface area contributed by atoms with E-state index in [1.54, 1.807) is 5.56 Å². The van der Waals surface area contributed by atoms with Crippen molar-refractivity contribution < 1.29 is 14.2 Å². The fraction of sp³-hybridized carbons (Fsp3) is 0.692. The molecule has 1 saturated heterocycles. The molecule has 160 valence electrons. The van der Waals surface area contributed by atoms with Crippen molar-refractivity contribution in [2.45, 2.75) is 89.4 Å². The van der Waals surface area contributed by atoms with Gasteiger partial charge in [0.15, 0.2) is 6.29 Å². The Morgan fingerprint density at radius 3 is 2.24 bits per heavy atom. The smallest absolute Gasteiger partial charge is 0.181 e. The zero-order valence-electron chi connectivity index (χ0n) is 18.3. The van der Waals surface area contributed by atoms with Gasteiger partial charge in [-0.15, -0.1) is 0 Å². The number of hydrogen-bond donors (Lipinski definition) is 0. The molecule has 0 N–H and O–H groups in total. The van der Waals surface area contributed by atoms with Crippen LogP contribution in [0.5, 0.6) is 0 Å². The summed E-state index contributed by atoms with van der Waals surface area (Å²) in [7, 11) is 0. The Hall–Kier alpha value is -1.16. The van der Waals surface area contributed by atoms with Crippen molar-refractivity contribution in [1.82, 2.24) is 0 Å². The summed E-state index contributed by atoms with van der Waals surface area (Å²) in [6, 6.07) is 9.28. The van der Waals surface area contributed by atoms with E-state index in [0.717, 1.165) is 6.42 Å². The predicted octanol–water partition coefficient (Wildman–Crippen LogP) is 6.48. The molecule has 3 aliphatic carbocycles. The van der Waals surface area contributed by atoms with Crippen molar-refractivity contribution >= 4 is 0 Å². The molecule has 1 aliphatic heterocycles. The highest BCUT2D eigenvalue weighted by atomic mass is 16.7. The van der Waals surface area contributed by atoms with Gasteiger partial charge in [-0.3, -0.25) is 0 Å². The van der Waals surface area contributed by atoms with E-state index in [-0.39, 0.29) is 12.4 Å². The number of rotatable bonds is 8. The second-order valence-electron chi connectivity index (χ2n) is 9.45. The van der Waals surface area contributed by atoms with Crippen LogP contribution in [-0.4, -0.2) is 26.1 Å². The van der Waals surface area contributed by atoms with Crippen LogP contribution in [0.2, 0.25) is 0 Å². The molecule has 4 aliphatic rings. The van der Waals surface area contributed by atoms with Crippen molar-refractivity contribution in [3.63, 3.8) is 0 Å². The molecule has 3 nitrogen and oxygen atoms in total. The lowest BCUT2D eigenvalue weighted by Crippen LogP contribution is -2.44. The van der Waals surface area contributed by atoms with Crippen LogP contribution in [0.3, 0.4) is 0 Å². The quantitative estimate of drug-likeness (QED) is 0.469. The van der Waals surface area contributed by atoms with Crippen LogP contribution in [0.25, 0.3) is 0 Å². The molecule has 0 aromatic heterocycles. The van der Waals surface area contributed by atoms with E-state index >= 15 is 0 Å². The summed E-state index contributed by atoms with van der Waals surface area (Å²) in [6.45, 7) is 6.11. The third-order valence-corrected chi connectivity index (χ3v) is 7.72. The van der Waals surface area contributed by atoms with Crippen LogP contribution in [0.4, 0.5) is 0 Å². The van der Waals surface area contributed by atoms with Crippen LogP contribution in [0, 0.1) is 5.41 Å². The topological polar surface area (TPSA) is 27.7 Å². The van der Waals surface area contributed by atoms with Gasteiger partial charge >= 0.3 is 0 Å². The molecule has 0 radical (unpaired) electrons. The minimum atomic E-state index is -0.251. The van der Waals surface area contributed by atoms with Gasteiger partial charge in [0, 0.05) is 0 Å². The zero-order chi connectivity index (χ0) is 20.2. The van der Waals surface area contributed by atoms with Crippen LogP contribution in [0.1, 0.15) is 88.9 Å². The summed E-state index contributed by atoms with van der Waals surface area (Å²) in [6.07, 6.45) is 16.1. The highest BCUT2D eigenvalue weighted by Gasteiger charge is 2.48. The Morgan fingerprint density at radius 1 is 0.931 bits per heavy atom. The highest BCUT2D eigenvalue weighted by molar-refractivity contribution is 5.32. The van der Waals surface area contributed by atoms with Gasteiger partial charge in [-0.2, -0.15) is 0 Å². The molecule has 0 amide bonds. The van der Waals surface area contributed by atoms with Gasteiger partial charge in [0.05, 0.1) is 19.8 Å². The van der Waals surface area contributed by atoms with Gasteiger partial charge in [-0.1, -0.05) is 56.7 Å². The molecule has 3 heteroatoms. The molecule has 1 heterocycles. The fourth-order valence-electron chi connectivity index (χ4n) is 5.82. The third-order valence-electron chi connectivity index (χ3n) is 7.72. The Morgan fingerprint density at radius 2 is 1.66 bits per heavy atom. The molecule has 1 aromatic carbocycles. The molecular weight excluding hydrogens is 360 g/mol. The summed E-state index contributed by atoms with van der Waals surface area (Å²) in [4.78, 5) is 0. The molecule has 2 bridgehead atoms. The van der Waals surface area contributed by atoms with Gasteiger partial charge < -0.3 is 14.2 Å². The lowest BCUT2D eigenvalue weighted by molar-refractivity contribution is -0.232. The highest BCUT2D eigenvalue weighted by Crippen LogP contribution is 2.59. The van der Waals surface area contributed by atoms with Gasteiger partial charge in [-0.25, -0.2) is 0 Å². The number of fused-ring (bicyclic) bond motifs is 3. The maximum absolute atomic E-state index is 6.04. The van der Waals surface area contributed by atoms with Crippen LogP contribution in [-0.2, 0) is 19.6 Å². The summed E-state index contributed by atoms with van der Waals surface area (Å²) in [5.41, 5.74) is 3.88. The van der Waals surface area contributed by atoms with E-state index < -0.39 is 0 Å². The van der Waals surface area contributed by atoms with E-state index in [9.17, 15) is 0 Å². The average Bonchev–Trinajstić information content (AvgIpc) is 2.79. The van der Waals surface area contributed by atoms with Crippen molar-refractivity contribution in [2.75, 3.05) is 19.8 Å². The average molecular weight is 399 g/mol. The number of benzene rings is 1. The largest absolute Gasteiger partial charge is 0.366 e. The van der Waals surface area contributed by atoms with Crippen LogP contribution < -0.4 is 0 Å². The maximum atomic E-state index is 6.04. The molecule has 0 unspecified atom stereocenters. The third kappa shape index (κ3) is 4.62. The standard InChI is InChI=1S/C26H38O3/c1-3-5-6-18-27-24-20-28-23(19-29-24)21-7-9-22(10-8-21)26-15-12-25(11-4-2,13-16-26)14-17-26/h5-10,23-24H,3-4,11-20H2,1-2H3/t23-,24+,25?,26?/m0/s1. The van der Waals surface area contributed by atoms with E-state index in [0.29, 0.717) is 30.7 Å². The SMILES string of the molecule is CCC=CCO[C@H]1CO[C@H](c2ccc(C34CCC(CCC)(CC3)CC4)cc2)CO1. The molecule has 0 spiro atoms. The lowest BCUT2D eigenvalue weighted by Gasteiger charge is -2.54. The van der Waals surface area contributed by atoms with Gasteiger partial charge in [0.2, 0.25) is 0 Å². The number of ether oxygens (including phenoxy) is 3. The lowest BCUT2D eigenvalue weighted by atomic mass is 9.51. The number of allylic oxidation sites excluding steroid dienone is 1.